The van der Waals surface area contributed by atoms with Crippen molar-refractivity contribution in [1.82, 2.24) is 9.78 Å². The average molecular weight is 349 g/mol. The number of hydrogen-bond acceptors (Lipinski definition) is 2. The lowest BCUT2D eigenvalue weighted by Gasteiger charge is -2.23. The summed E-state index contributed by atoms with van der Waals surface area (Å²) in [7, 11) is 1.95. The summed E-state index contributed by atoms with van der Waals surface area (Å²) >= 11 is 3.64. The summed E-state index contributed by atoms with van der Waals surface area (Å²) in [6.07, 6.45) is 3.30. The highest BCUT2D eigenvalue weighted by Crippen LogP contribution is 2.51. The Morgan fingerprint density at radius 1 is 1.33 bits per heavy atom. The van der Waals surface area contributed by atoms with Gasteiger partial charge in [0, 0.05) is 18.9 Å². The van der Waals surface area contributed by atoms with Crippen LogP contribution in [0.5, 0.6) is 0 Å². The Labute approximate surface area is 134 Å². The van der Waals surface area contributed by atoms with Crippen LogP contribution >= 0.6 is 15.9 Å². The van der Waals surface area contributed by atoms with Crippen LogP contribution in [0.25, 0.3) is 0 Å². The molecule has 0 saturated heterocycles. The van der Waals surface area contributed by atoms with E-state index in [-0.39, 0.29) is 11.5 Å². The number of rotatable bonds is 5. The fourth-order valence-corrected chi connectivity index (χ4v) is 3.92. The minimum Gasteiger partial charge on any atom is -0.392 e. The molecule has 0 amide bonds. The fraction of sp³-hybridized carbons (Fsp3) is 0.471. The number of aliphatic hydroxyl groups is 1. The van der Waals surface area contributed by atoms with Gasteiger partial charge in [-0.25, -0.2) is 0 Å². The first-order chi connectivity index (χ1) is 10.1. The van der Waals surface area contributed by atoms with Gasteiger partial charge in [-0.2, -0.15) is 5.10 Å². The van der Waals surface area contributed by atoms with Crippen molar-refractivity contribution in [3.63, 3.8) is 0 Å². The van der Waals surface area contributed by atoms with Crippen LogP contribution in [0.1, 0.15) is 36.7 Å². The van der Waals surface area contributed by atoms with Crippen molar-refractivity contribution in [1.29, 1.82) is 0 Å². The maximum Gasteiger partial charge on any atom is 0.0766 e. The van der Waals surface area contributed by atoms with Crippen LogP contribution < -0.4 is 0 Å². The Balaban J connectivity index is 1.84. The molecule has 4 heteroatoms. The molecule has 1 aliphatic carbocycles. The van der Waals surface area contributed by atoms with Gasteiger partial charge in [-0.15, -0.1) is 0 Å². The molecule has 3 nitrogen and oxygen atoms in total. The van der Waals surface area contributed by atoms with Gasteiger partial charge in [0.25, 0.3) is 0 Å². The van der Waals surface area contributed by atoms with E-state index in [2.05, 4.69) is 52.2 Å². The lowest BCUT2D eigenvalue weighted by atomic mass is 9.87. The van der Waals surface area contributed by atoms with Gasteiger partial charge in [-0.1, -0.05) is 37.3 Å². The maximum atomic E-state index is 10.8. The molecule has 0 bridgehead atoms. The van der Waals surface area contributed by atoms with E-state index >= 15 is 0 Å². The molecular weight excluding hydrogens is 328 g/mol. The van der Waals surface area contributed by atoms with Gasteiger partial charge in [-0.05, 0) is 40.8 Å². The monoisotopic (exact) mass is 348 g/mol. The van der Waals surface area contributed by atoms with E-state index in [1.165, 1.54) is 5.56 Å². The molecule has 0 radical (unpaired) electrons. The van der Waals surface area contributed by atoms with Crippen LogP contribution in [-0.4, -0.2) is 21.0 Å². The van der Waals surface area contributed by atoms with Gasteiger partial charge < -0.3 is 5.11 Å². The van der Waals surface area contributed by atoms with Crippen LogP contribution in [0.3, 0.4) is 0 Å². The van der Waals surface area contributed by atoms with Gasteiger partial charge in [0.15, 0.2) is 0 Å². The van der Waals surface area contributed by atoms with Crippen LogP contribution in [0, 0.1) is 0 Å². The highest BCUT2D eigenvalue weighted by molar-refractivity contribution is 9.10. The zero-order valence-corrected chi connectivity index (χ0v) is 14.1. The minimum atomic E-state index is -0.365. The Morgan fingerprint density at radius 2 is 2.00 bits per heavy atom. The number of benzene rings is 1. The van der Waals surface area contributed by atoms with Crippen molar-refractivity contribution in [3.05, 3.63) is 51.8 Å². The van der Waals surface area contributed by atoms with E-state index < -0.39 is 0 Å². The molecule has 1 atom stereocenters. The van der Waals surface area contributed by atoms with Crippen LogP contribution in [0.4, 0.5) is 0 Å². The molecular formula is C17H21BrN2O. The van der Waals surface area contributed by atoms with Crippen LogP contribution in [0.2, 0.25) is 0 Å². The number of halogens is 1. The summed E-state index contributed by atoms with van der Waals surface area (Å²) in [5, 5.41) is 15.3. The molecule has 2 aromatic rings. The van der Waals surface area contributed by atoms with Crippen molar-refractivity contribution < 1.29 is 5.11 Å². The zero-order chi connectivity index (χ0) is 15.0. The third-order valence-corrected chi connectivity index (χ3v) is 5.58. The first kappa shape index (κ1) is 14.8. The summed E-state index contributed by atoms with van der Waals surface area (Å²) in [5.41, 5.74) is 3.34. The largest absolute Gasteiger partial charge is 0.392 e. The van der Waals surface area contributed by atoms with Crippen molar-refractivity contribution in [2.45, 2.75) is 44.1 Å². The van der Waals surface area contributed by atoms with Crippen molar-refractivity contribution in [3.8, 4) is 0 Å². The predicted octanol–water partition coefficient (Wildman–Crippen LogP) is 3.38. The molecule has 0 aliphatic heterocycles. The van der Waals surface area contributed by atoms with Crippen LogP contribution in [-0.2, 0) is 25.3 Å². The molecule has 0 spiro atoms. The number of aryl methyl sites for hydroxylation is 2. The summed E-state index contributed by atoms with van der Waals surface area (Å²) in [5.74, 6) is 0. The Kier molecular flexibility index (Phi) is 3.93. The SMILES string of the molecule is CCc1nn(C)c(CC(O)C2(c3ccccc3)CC2)c1Br. The Hall–Kier alpha value is -1.13. The topological polar surface area (TPSA) is 38.0 Å². The third kappa shape index (κ3) is 2.55. The van der Waals surface area contributed by atoms with E-state index in [1.54, 1.807) is 0 Å². The second-order valence-electron chi connectivity index (χ2n) is 5.93. The summed E-state index contributed by atoms with van der Waals surface area (Å²) in [6, 6.07) is 10.4. The van der Waals surface area contributed by atoms with Crippen molar-refractivity contribution >= 4 is 15.9 Å². The molecule has 1 heterocycles. The fourth-order valence-electron chi connectivity index (χ4n) is 3.14. The molecule has 1 aromatic heterocycles. The predicted molar refractivity (Wildman–Crippen MR) is 87.4 cm³/mol. The molecule has 112 valence electrons. The number of aromatic nitrogens is 2. The zero-order valence-electron chi connectivity index (χ0n) is 12.5. The lowest BCUT2D eigenvalue weighted by Crippen LogP contribution is -2.29. The molecule has 3 rings (SSSR count). The highest BCUT2D eigenvalue weighted by atomic mass is 79.9. The van der Waals surface area contributed by atoms with Crippen molar-refractivity contribution in [2.75, 3.05) is 0 Å². The van der Waals surface area contributed by atoms with Gasteiger partial charge in [0.1, 0.15) is 0 Å². The summed E-state index contributed by atoms with van der Waals surface area (Å²) < 4.78 is 2.95. The van der Waals surface area contributed by atoms with Gasteiger partial charge in [0.05, 0.1) is 22.0 Å². The minimum absolute atomic E-state index is 0.0582. The number of nitrogens with zero attached hydrogens (tertiary/aromatic N) is 2. The molecule has 1 saturated carbocycles. The van der Waals surface area contributed by atoms with Crippen molar-refractivity contribution in [2.24, 2.45) is 7.05 Å². The molecule has 1 aliphatic rings. The second-order valence-corrected chi connectivity index (χ2v) is 6.72. The summed E-state index contributed by atoms with van der Waals surface area (Å²) in [6.45, 7) is 2.10. The maximum absolute atomic E-state index is 10.8. The van der Waals surface area contributed by atoms with Crippen LogP contribution in [0.15, 0.2) is 34.8 Å². The normalized spacial score (nSPS) is 17.7. The van der Waals surface area contributed by atoms with E-state index in [9.17, 15) is 5.11 Å². The summed E-state index contributed by atoms with van der Waals surface area (Å²) in [4.78, 5) is 0. The molecule has 1 fully saturated rings. The smallest absolute Gasteiger partial charge is 0.0766 e. The standard InChI is InChI=1S/C17H21BrN2O/c1-3-13-16(18)14(20(2)19-13)11-15(21)17(9-10-17)12-7-5-4-6-8-12/h4-8,15,21H,3,9-11H2,1-2H3. The highest BCUT2D eigenvalue weighted by Gasteiger charge is 2.50. The van der Waals surface area contributed by atoms with Gasteiger partial charge >= 0.3 is 0 Å². The molecule has 1 aromatic carbocycles. The van der Waals surface area contributed by atoms with Gasteiger partial charge in [-0.3, -0.25) is 4.68 Å². The Bertz CT molecular complexity index is 632. The third-order valence-electron chi connectivity index (χ3n) is 4.66. The number of hydrogen-bond donors (Lipinski definition) is 1. The van der Waals surface area contributed by atoms with E-state index in [0.29, 0.717) is 6.42 Å². The van der Waals surface area contributed by atoms with Gasteiger partial charge in [0.2, 0.25) is 0 Å². The lowest BCUT2D eigenvalue weighted by molar-refractivity contribution is 0.129. The molecule has 21 heavy (non-hydrogen) atoms. The first-order valence-corrected chi connectivity index (χ1v) is 8.31. The molecule has 1 N–H and O–H groups in total. The Morgan fingerprint density at radius 3 is 2.52 bits per heavy atom. The second kappa shape index (κ2) is 5.58. The van der Waals surface area contributed by atoms with E-state index in [0.717, 1.165) is 35.1 Å². The van der Waals surface area contributed by atoms with E-state index in [4.69, 9.17) is 0 Å². The average Bonchev–Trinajstić information content (AvgIpc) is 3.27. The quantitative estimate of drug-likeness (QED) is 0.899. The molecule has 1 unspecified atom stereocenters. The number of aliphatic hydroxyl groups excluding tert-OH is 1. The van der Waals surface area contributed by atoms with E-state index in [1.807, 2.05) is 17.8 Å². The first-order valence-electron chi connectivity index (χ1n) is 7.52.